The lowest BCUT2D eigenvalue weighted by Crippen LogP contribution is -2.06. The third kappa shape index (κ3) is 2.97. The summed E-state index contributed by atoms with van der Waals surface area (Å²) in [5.41, 5.74) is 0. The third-order valence-electron chi connectivity index (χ3n) is 2.47. The molecule has 0 aliphatic carbocycles. The molecule has 1 aromatic heterocycles. The first-order chi connectivity index (χ1) is 8.74. The van der Waals surface area contributed by atoms with Gasteiger partial charge in [0.05, 0.1) is 0 Å². The molecule has 0 unspecified atom stereocenters. The van der Waals surface area contributed by atoms with E-state index in [1.165, 1.54) is 0 Å². The van der Waals surface area contributed by atoms with Crippen molar-refractivity contribution in [2.75, 3.05) is 6.26 Å². The van der Waals surface area contributed by atoms with Crippen LogP contribution in [0, 0.1) is 0 Å². The van der Waals surface area contributed by atoms with Crippen molar-refractivity contribution < 1.29 is 4.74 Å². The van der Waals surface area contributed by atoms with Gasteiger partial charge in [-0.15, -0.1) is 10.2 Å². The van der Waals surface area contributed by atoms with Crippen molar-refractivity contribution in [2.24, 2.45) is 0 Å². The van der Waals surface area contributed by atoms with Gasteiger partial charge in [0.2, 0.25) is 0 Å². The normalized spacial score (nSPS) is 10.6. The van der Waals surface area contributed by atoms with E-state index in [4.69, 9.17) is 16.3 Å². The Morgan fingerprint density at radius 3 is 2.61 bits per heavy atom. The Morgan fingerprint density at radius 2 is 2.00 bits per heavy atom. The Balaban J connectivity index is 2.06. The Bertz CT molecular complexity index is 513. The molecule has 0 N–H and O–H groups in total. The zero-order valence-corrected chi connectivity index (χ0v) is 11.8. The van der Waals surface area contributed by atoms with E-state index in [1.807, 2.05) is 23.0 Å². The highest BCUT2D eigenvalue weighted by Gasteiger charge is 2.10. The molecule has 0 bridgehead atoms. The number of nitrogens with zero attached hydrogens (tertiary/aromatic N) is 3. The average Bonchev–Trinajstić information content (AvgIpc) is 2.80. The second kappa shape index (κ2) is 6.11. The largest absolute Gasteiger partial charge is 0.486 e. The number of aromatic nitrogens is 3. The van der Waals surface area contributed by atoms with E-state index in [0.29, 0.717) is 11.6 Å². The van der Waals surface area contributed by atoms with Gasteiger partial charge in [-0.05, 0) is 37.4 Å². The summed E-state index contributed by atoms with van der Waals surface area (Å²) in [6, 6.07) is 7.28. The van der Waals surface area contributed by atoms with Gasteiger partial charge in [0, 0.05) is 11.6 Å². The van der Waals surface area contributed by atoms with Crippen molar-refractivity contribution in [1.29, 1.82) is 0 Å². The summed E-state index contributed by atoms with van der Waals surface area (Å²) in [4.78, 5) is 0. The maximum absolute atomic E-state index is 5.81. The van der Waals surface area contributed by atoms with Gasteiger partial charge in [0.15, 0.2) is 11.0 Å². The van der Waals surface area contributed by atoms with Crippen molar-refractivity contribution in [1.82, 2.24) is 14.8 Å². The second-order valence-corrected chi connectivity index (χ2v) is 4.80. The highest BCUT2D eigenvalue weighted by Crippen LogP contribution is 2.18. The minimum absolute atomic E-state index is 0.406. The number of halogens is 1. The minimum Gasteiger partial charge on any atom is -0.486 e. The summed E-state index contributed by atoms with van der Waals surface area (Å²) in [6.07, 6.45) is 1.99. The standard InChI is InChI=1S/C12H14ClN3OS/c1-3-16-11(14-15-12(16)18-2)8-17-10-6-4-9(13)5-7-10/h4-7H,3,8H2,1-2H3. The third-order valence-corrected chi connectivity index (χ3v) is 3.39. The predicted molar refractivity (Wildman–Crippen MR) is 73.3 cm³/mol. The Hall–Kier alpha value is -1.20. The second-order valence-electron chi connectivity index (χ2n) is 3.59. The SMILES string of the molecule is CCn1c(COc2ccc(Cl)cc2)nnc1SC. The quantitative estimate of drug-likeness (QED) is 0.790. The Morgan fingerprint density at radius 1 is 1.28 bits per heavy atom. The van der Waals surface area contributed by atoms with Crippen molar-refractivity contribution in [2.45, 2.75) is 25.2 Å². The van der Waals surface area contributed by atoms with Crippen molar-refractivity contribution in [3.8, 4) is 5.75 Å². The van der Waals surface area contributed by atoms with Crippen LogP contribution in [-0.2, 0) is 13.2 Å². The van der Waals surface area contributed by atoms with E-state index < -0.39 is 0 Å². The average molecular weight is 284 g/mol. The van der Waals surface area contributed by atoms with Crippen LogP contribution in [-0.4, -0.2) is 21.0 Å². The van der Waals surface area contributed by atoms with Crippen LogP contribution in [0.2, 0.25) is 5.02 Å². The van der Waals surface area contributed by atoms with Crippen LogP contribution in [0.25, 0.3) is 0 Å². The van der Waals surface area contributed by atoms with E-state index in [-0.39, 0.29) is 0 Å². The number of hydrogen-bond donors (Lipinski definition) is 0. The van der Waals surface area contributed by atoms with Gasteiger partial charge in [-0.25, -0.2) is 0 Å². The molecule has 0 aliphatic rings. The van der Waals surface area contributed by atoms with Crippen LogP contribution in [0.15, 0.2) is 29.4 Å². The summed E-state index contributed by atoms with van der Waals surface area (Å²) < 4.78 is 7.70. The molecule has 0 fully saturated rings. The first-order valence-electron chi connectivity index (χ1n) is 5.59. The molecule has 0 atom stereocenters. The summed E-state index contributed by atoms with van der Waals surface area (Å²) in [5.74, 6) is 1.60. The molecule has 2 aromatic rings. The lowest BCUT2D eigenvalue weighted by atomic mass is 10.3. The van der Waals surface area contributed by atoms with Crippen LogP contribution >= 0.6 is 23.4 Å². The van der Waals surface area contributed by atoms with Crippen LogP contribution in [0.5, 0.6) is 5.75 Å². The lowest BCUT2D eigenvalue weighted by Gasteiger charge is -2.08. The van der Waals surface area contributed by atoms with Gasteiger partial charge in [0.1, 0.15) is 12.4 Å². The molecule has 6 heteroatoms. The molecular weight excluding hydrogens is 270 g/mol. The van der Waals surface area contributed by atoms with E-state index in [9.17, 15) is 0 Å². The number of hydrogen-bond acceptors (Lipinski definition) is 4. The maximum atomic E-state index is 5.81. The molecule has 2 rings (SSSR count). The van der Waals surface area contributed by atoms with Gasteiger partial charge < -0.3 is 9.30 Å². The topological polar surface area (TPSA) is 39.9 Å². The molecule has 0 radical (unpaired) electrons. The molecule has 0 spiro atoms. The molecule has 18 heavy (non-hydrogen) atoms. The van der Waals surface area contributed by atoms with E-state index in [2.05, 4.69) is 17.1 Å². The van der Waals surface area contributed by atoms with Crippen molar-refractivity contribution in [3.63, 3.8) is 0 Å². The highest BCUT2D eigenvalue weighted by atomic mass is 35.5. The van der Waals surface area contributed by atoms with Gasteiger partial charge in [-0.3, -0.25) is 0 Å². The highest BCUT2D eigenvalue weighted by molar-refractivity contribution is 7.98. The molecule has 0 aliphatic heterocycles. The monoisotopic (exact) mass is 283 g/mol. The zero-order valence-electron chi connectivity index (χ0n) is 10.3. The molecule has 1 heterocycles. The summed E-state index contributed by atoms with van der Waals surface area (Å²) in [7, 11) is 0. The first-order valence-corrected chi connectivity index (χ1v) is 7.19. The molecule has 0 saturated heterocycles. The van der Waals surface area contributed by atoms with Crippen LogP contribution < -0.4 is 4.74 Å². The van der Waals surface area contributed by atoms with Crippen molar-refractivity contribution >= 4 is 23.4 Å². The molecule has 0 amide bonds. The Kier molecular flexibility index (Phi) is 4.49. The summed E-state index contributed by atoms with van der Waals surface area (Å²) >= 11 is 7.39. The fourth-order valence-corrected chi connectivity index (χ4v) is 2.28. The van der Waals surface area contributed by atoms with Crippen LogP contribution in [0.3, 0.4) is 0 Å². The molecule has 4 nitrogen and oxygen atoms in total. The van der Waals surface area contributed by atoms with E-state index in [1.54, 1.807) is 23.9 Å². The first kappa shape index (κ1) is 13.2. The molecular formula is C12H14ClN3OS. The van der Waals surface area contributed by atoms with E-state index >= 15 is 0 Å². The lowest BCUT2D eigenvalue weighted by molar-refractivity contribution is 0.288. The van der Waals surface area contributed by atoms with Gasteiger partial charge in [-0.1, -0.05) is 23.4 Å². The van der Waals surface area contributed by atoms with Crippen molar-refractivity contribution in [3.05, 3.63) is 35.1 Å². The van der Waals surface area contributed by atoms with Gasteiger partial charge >= 0.3 is 0 Å². The Labute approximate surface area is 115 Å². The van der Waals surface area contributed by atoms with Gasteiger partial charge in [0.25, 0.3) is 0 Å². The number of thioether (sulfide) groups is 1. The molecule has 1 aromatic carbocycles. The predicted octanol–water partition coefficient (Wildman–Crippen LogP) is 3.25. The van der Waals surface area contributed by atoms with E-state index in [0.717, 1.165) is 23.3 Å². The zero-order chi connectivity index (χ0) is 13.0. The molecule has 96 valence electrons. The summed E-state index contributed by atoms with van der Waals surface area (Å²) in [6.45, 7) is 3.31. The fourth-order valence-electron chi connectivity index (χ4n) is 1.57. The molecule has 0 saturated carbocycles. The smallest absolute Gasteiger partial charge is 0.191 e. The number of ether oxygens (including phenoxy) is 1. The summed E-state index contributed by atoms with van der Waals surface area (Å²) in [5, 5.41) is 9.85. The van der Waals surface area contributed by atoms with Crippen LogP contribution in [0.4, 0.5) is 0 Å². The van der Waals surface area contributed by atoms with Crippen LogP contribution in [0.1, 0.15) is 12.7 Å². The minimum atomic E-state index is 0.406. The van der Waals surface area contributed by atoms with Gasteiger partial charge in [-0.2, -0.15) is 0 Å². The maximum Gasteiger partial charge on any atom is 0.191 e. The number of rotatable bonds is 5. The number of benzene rings is 1. The fraction of sp³-hybridized carbons (Fsp3) is 0.333.